The summed E-state index contributed by atoms with van der Waals surface area (Å²) in [5.74, 6) is 1.74. The molecule has 0 bridgehead atoms. The molecular formula is C15H26IN7O2. The lowest BCUT2D eigenvalue weighted by molar-refractivity contribution is 0.0683. The van der Waals surface area contributed by atoms with E-state index in [0.29, 0.717) is 30.8 Å². The average Bonchev–Trinajstić information content (AvgIpc) is 3.26. The Morgan fingerprint density at radius 3 is 2.96 bits per heavy atom. The van der Waals surface area contributed by atoms with Crippen molar-refractivity contribution >= 4 is 29.9 Å². The zero-order valence-corrected chi connectivity index (χ0v) is 17.1. The Balaban J connectivity index is 0.00000312. The van der Waals surface area contributed by atoms with E-state index in [9.17, 15) is 0 Å². The second-order valence-corrected chi connectivity index (χ2v) is 5.12. The molecule has 1 unspecified atom stereocenters. The fourth-order valence-corrected chi connectivity index (χ4v) is 2.09. The number of halogens is 1. The van der Waals surface area contributed by atoms with E-state index in [1.54, 1.807) is 13.2 Å². The van der Waals surface area contributed by atoms with E-state index in [-0.39, 0.29) is 30.1 Å². The van der Waals surface area contributed by atoms with Crippen molar-refractivity contribution in [1.82, 2.24) is 30.6 Å². The number of ether oxygens (including phenoxy) is 1. The molecule has 0 saturated heterocycles. The van der Waals surface area contributed by atoms with E-state index >= 15 is 0 Å². The summed E-state index contributed by atoms with van der Waals surface area (Å²) in [5, 5.41) is 14.5. The lowest BCUT2D eigenvalue weighted by atomic mass is 10.4. The Kier molecular flexibility index (Phi) is 10.1. The van der Waals surface area contributed by atoms with E-state index in [1.165, 1.54) is 0 Å². The Morgan fingerprint density at radius 2 is 2.28 bits per heavy atom. The topological polar surface area (TPSA) is 102 Å². The molecule has 2 aromatic heterocycles. The molecule has 10 heteroatoms. The molecule has 0 aromatic carbocycles. The van der Waals surface area contributed by atoms with Crippen LogP contribution in [0.1, 0.15) is 38.1 Å². The van der Waals surface area contributed by atoms with Crippen LogP contribution in [0, 0.1) is 0 Å². The Hall–Kier alpha value is -1.69. The number of nitrogens with one attached hydrogen (secondary N) is 2. The summed E-state index contributed by atoms with van der Waals surface area (Å²) in [6.07, 6.45) is 4.49. The molecule has 2 aromatic rings. The van der Waals surface area contributed by atoms with Gasteiger partial charge in [0, 0.05) is 39.1 Å². The lowest BCUT2D eigenvalue weighted by Crippen LogP contribution is -2.37. The average molecular weight is 463 g/mol. The highest BCUT2D eigenvalue weighted by Gasteiger charge is 2.13. The van der Waals surface area contributed by atoms with Crippen LogP contribution in [0.15, 0.2) is 28.0 Å². The highest BCUT2D eigenvalue weighted by atomic mass is 127. The van der Waals surface area contributed by atoms with Crippen LogP contribution in [0.3, 0.4) is 0 Å². The number of hydrogen-bond donors (Lipinski definition) is 2. The maximum absolute atomic E-state index is 5.44. The van der Waals surface area contributed by atoms with Crippen molar-refractivity contribution < 1.29 is 9.26 Å². The molecule has 0 fully saturated rings. The molecule has 25 heavy (non-hydrogen) atoms. The molecule has 0 radical (unpaired) electrons. The number of rotatable bonds is 9. The summed E-state index contributed by atoms with van der Waals surface area (Å²) in [6, 6.07) is 1.92. The molecule has 1 atom stereocenters. The molecule has 0 saturated carbocycles. The fourth-order valence-electron chi connectivity index (χ4n) is 2.09. The van der Waals surface area contributed by atoms with E-state index in [1.807, 2.05) is 30.8 Å². The van der Waals surface area contributed by atoms with Crippen molar-refractivity contribution in [2.75, 3.05) is 20.2 Å². The van der Waals surface area contributed by atoms with Gasteiger partial charge in [-0.25, -0.2) is 0 Å². The van der Waals surface area contributed by atoms with E-state index in [4.69, 9.17) is 9.26 Å². The summed E-state index contributed by atoms with van der Waals surface area (Å²) < 4.78 is 12.5. The molecule has 0 aliphatic rings. The highest BCUT2D eigenvalue weighted by Crippen LogP contribution is 2.12. The molecule has 2 heterocycles. The zero-order chi connectivity index (χ0) is 17.2. The molecule has 2 rings (SSSR count). The summed E-state index contributed by atoms with van der Waals surface area (Å²) in [7, 11) is 1.72. The van der Waals surface area contributed by atoms with E-state index in [0.717, 1.165) is 19.5 Å². The first kappa shape index (κ1) is 21.4. The Labute approximate surface area is 164 Å². The number of aliphatic imine (C=N–C) groups is 1. The van der Waals surface area contributed by atoms with Gasteiger partial charge in [-0.15, -0.1) is 24.0 Å². The molecule has 9 nitrogen and oxygen atoms in total. The van der Waals surface area contributed by atoms with Crippen LogP contribution in [-0.2, 0) is 17.8 Å². The number of nitrogens with zero attached hydrogens (tertiary/aromatic N) is 5. The predicted molar refractivity (Wildman–Crippen MR) is 105 cm³/mol. The van der Waals surface area contributed by atoms with Crippen molar-refractivity contribution in [2.24, 2.45) is 4.99 Å². The van der Waals surface area contributed by atoms with Crippen LogP contribution in [-0.4, -0.2) is 46.1 Å². The number of guanidine groups is 1. The summed E-state index contributed by atoms with van der Waals surface area (Å²) in [6.45, 7) is 6.49. The zero-order valence-electron chi connectivity index (χ0n) is 14.8. The van der Waals surface area contributed by atoms with Gasteiger partial charge in [0.1, 0.15) is 6.10 Å². The molecule has 140 valence electrons. The number of aryl methyl sites for hydroxylation is 1. The van der Waals surface area contributed by atoms with Gasteiger partial charge in [0.15, 0.2) is 11.8 Å². The van der Waals surface area contributed by atoms with Crippen molar-refractivity contribution in [1.29, 1.82) is 0 Å². The third kappa shape index (κ3) is 7.38. The minimum absolute atomic E-state index is 0. The van der Waals surface area contributed by atoms with Gasteiger partial charge in [0.2, 0.25) is 5.89 Å². The Bertz CT molecular complexity index is 615. The van der Waals surface area contributed by atoms with Crippen LogP contribution in [0.25, 0.3) is 0 Å². The summed E-state index contributed by atoms with van der Waals surface area (Å²) in [4.78, 5) is 8.47. The third-order valence-corrected chi connectivity index (χ3v) is 3.31. The standard InChI is InChI=1S/C15H25N7O2.HI/c1-4-23-12(2)14-20-13(24-21-14)11-18-15(16-3)17-7-5-9-22-10-6-8-19-22;/h6,8,10,12H,4-5,7,9,11H2,1-3H3,(H2,16,17,18);1H. The first-order chi connectivity index (χ1) is 11.7. The van der Waals surface area contributed by atoms with Crippen LogP contribution >= 0.6 is 24.0 Å². The first-order valence-corrected chi connectivity index (χ1v) is 8.09. The van der Waals surface area contributed by atoms with Gasteiger partial charge < -0.3 is 19.9 Å². The van der Waals surface area contributed by atoms with Gasteiger partial charge >= 0.3 is 0 Å². The lowest BCUT2D eigenvalue weighted by Gasteiger charge is -2.10. The minimum Gasteiger partial charge on any atom is -0.371 e. The van der Waals surface area contributed by atoms with Gasteiger partial charge in [-0.2, -0.15) is 10.1 Å². The minimum atomic E-state index is -0.174. The van der Waals surface area contributed by atoms with Crippen LogP contribution in [0.4, 0.5) is 0 Å². The molecule has 0 aliphatic carbocycles. The largest absolute Gasteiger partial charge is 0.371 e. The van der Waals surface area contributed by atoms with Crippen LogP contribution in [0.2, 0.25) is 0 Å². The molecular weight excluding hydrogens is 437 g/mol. The van der Waals surface area contributed by atoms with Crippen molar-refractivity contribution in [3.63, 3.8) is 0 Å². The summed E-state index contributed by atoms with van der Waals surface area (Å²) >= 11 is 0. The van der Waals surface area contributed by atoms with E-state index < -0.39 is 0 Å². The molecule has 0 spiro atoms. The van der Waals surface area contributed by atoms with Gasteiger partial charge in [-0.3, -0.25) is 9.67 Å². The highest BCUT2D eigenvalue weighted by molar-refractivity contribution is 14.0. The second kappa shape index (κ2) is 11.8. The maximum atomic E-state index is 5.44. The van der Waals surface area contributed by atoms with Gasteiger partial charge in [-0.05, 0) is 26.3 Å². The van der Waals surface area contributed by atoms with Crippen LogP contribution in [0.5, 0.6) is 0 Å². The maximum Gasteiger partial charge on any atom is 0.246 e. The number of aromatic nitrogens is 4. The van der Waals surface area contributed by atoms with Crippen molar-refractivity contribution in [2.45, 2.75) is 39.5 Å². The normalized spacial score (nSPS) is 12.5. The van der Waals surface area contributed by atoms with Gasteiger partial charge in [-0.1, -0.05) is 5.16 Å². The SMILES string of the molecule is CCOC(C)c1noc(CNC(=NC)NCCCn2cccn2)n1.I. The Morgan fingerprint density at radius 1 is 1.44 bits per heavy atom. The molecule has 0 aliphatic heterocycles. The quantitative estimate of drug-likeness (QED) is 0.253. The monoisotopic (exact) mass is 463 g/mol. The van der Waals surface area contributed by atoms with Crippen molar-refractivity contribution in [3.05, 3.63) is 30.2 Å². The van der Waals surface area contributed by atoms with Gasteiger partial charge in [0.25, 0.3) is 0 Å². The van der Waals surface area contributed by atoms with E-state index in [2.05, 4.69) is 30.9 Å². The smallest absolute Gasteiger partial charge is 0.246 e. The van der Waals surface area contributed by atoms with Gasteiger partial charge in [0.05, 0.1) is 6.54 Å². The second-order valence-electron chi connectivity index (χ2n) is 5.12. The molecule has 0 amide bonds. The number of hydrogen-bond acceptors (Lipinski definition) is 6. The van der Waals surface area contributed by atoms with Crippen molar-refractivity contribution in [3.8, 4) is 0 Å². The summed E-state index contributed by atoms with van der Waals surface area (Å²) in [5.41, 5.74) is 0. The fraction of sp³-hybridized carbons (Fsp3) is 0.600. The third-order valence-electron chi connectivity index (χ3n) is 3.31. The first-order valence-electron chi connectivity index (χ1n) is 8.09. The molecule has 2 N–H and O–H groups in total. The van der Waals surface area contributed by atoms with Crippen LogP contribution < -0.4 is 10.6 Å². The predicted octanol–water partition coefficient (Wildman–Crippen LogP) is 1.74.